The number of urea groups is 1. The van der Waals surface area contributed by atoms with Crippen LogP contribution in [0.15, 0.2) is 36.4 Å². The number of nitrogens with one attached hydrogen (secondary N) is 1. The number of benzene rings is 2. The van der Waals surface area contributed by atoms with Crippen molar-refractivity contribution in [1.29, 1.82) is 0 Å². The van der Waals surface area contributed by atoms with Gasteiger partial charge in [-0.3, -0.25) is 9.69 Å². The van der Waals surface area contributed by atoms with E-state index >= 15 is 0 Å². The fraction of sp³-hybridized carbons (Fsp3) is 0.263. The number of imide groups is 1. The molecule has 7 heteroatoms. The number of methoxy groups -OCH3 is 1. The molecule has 1 N–H and O–H groups in total. The van der Waals surface area contributed by atoms with Gasteiger partial charge in [0.25, 0.3) is 5.91 Å². The van der Waals surface area contributed by atoms with Crippen LogP contribution in [0.4, 0.5) is 13.6 Å². The highest BCUT2D eigenvalue weighted by Gasteiger charge is 2.50. The minimum Gasteiger partial charge on any atom is -0.496 e. The first kappa shape index (κ1) is 17.8. The SMILES string of the molecule is COc1ccc(C)cc1CN1C(=O)N[C@@](C)(c2cc(F)ccc2F)C1=O. The van der Waals surface area contributed by atoms with E-state index < -0.39 is 29.1 Å². The highest BCUT2D eigenvalue weighted by molar-refractivity contribution is 6.07. The first-order valence-corrected chi connectivity index (χ1v) is 7.99. The Hall–Kier alpha value is -2.96. The van der Waals surface area contributed by atoms with Gasteiger partial charge in [-0.05, 0) is 38.1 Å². The molecular weight excluding hydrogens is 342 g/mol. The molecule has 0 radical (unpaired) electrons. The van der Waals surface area contributed by atoms with Crippen LogP contribution >= 0.6 is 0 Å². The van der Waals surface area contributed by atoms with Gasteiger partial charge in [0.05, 0.1) is 13.7 Å². The summed E-state index contributed by atoms with van der Waals surface area (Å²) >= 11 is 0. The van der Waals surface area contributed by atoms with Crippen LogP contribution in [0.25, 0.3) is 0 Å². The number of hydrogen-bond acceptors (Lipinski definition) is 3. The summed E-state index contributed by atoms with van der Waals surface area (Å²) < 4.78 is 33.0. The van der Waals surface area contributed by atoms with E-state index in [1.165, 1.54) is 14.0 Å². The Bertz CT molecular complexity index is 900. The molecule has 3 rings (SSSR count). The number of aryl methyl sites for hydroxylation is 1. The summed E-state index contributed by atoms with van der Waals surface area (Å²) in [4.78, 5) is 26.3. The molecule has 1 aliphatic rings. The molecule has 0 bridgehead atoms. The van der Waals surface area contributed by atoms with Gasteiger partial charge in [0, 0.05) is 11.1 Å². The van der Waals surface area contributed by atoms with Crippen molar-refractivity contribution in [2.24, 2.45) is 0 Å². The van der Waals surface area contributed by atoms with Crippen molar-refractivity contribution in [2.75, 3.05) is 7.11 Å². The molecule has 1 saturated heterocycles. The van der Waals surface area contributed by atoms with E-state index in [2.05, 4.69) is 5.32 Å². The Kier molecular flexibility index (Phi) is 4.39. The van der Waals surface area contributed by atoms with Gasteiger partial charge in [-0.2, -0.15) is 0 Å². The smallest absolute Gasteiger partial charge is 0.325 e. The van der Waals surface area contributed by atoms with Crippen molar-refractivity contribution in [3.8, 4) is 5.75 Å². The first-order chi connectivity index (χ1) is 12.3. The molecule has 1 heterocycles. The standard InChI is InChI=1S/C19H18F2N2O3/c1-11-4-7-16(26-3)12(8-11)10-23-17(24)19(2,22-18(23)25)14-9-13(20)5-6-15(14)21/h4-9H,10H2,1-3H3,(H,22,25)/t19-/m0/s1. The van der Waals surface area contributed by atoms with Crippen LogP contribution < -0.4 is 10.1 Å². The minimum atomic E-state index is -1.68. The molecule has 0 spiro atoms. The summed E-state index contributed by atoms with van der Waals surface area (Å²) in [6, 6.07) is 7.53. The summed E-state index contributed by atoms with van der Waals surface area (Å²) in [6.07, 6.45) is 0. The predicted molar refractivity (Wildman–Crippen MR) is 90.5 cm³/mol. The van der Waals surface area contributed by atoms with Gasteiger partial charge in [-0.15, -0.1) is 0 Å². The average molecular weight is 360 g/mol. The zero-order chi connectivity index (χ0) is 19.1. The fourth-order valence-corrected chi connectivity index (χ4v) is 3.11. The van der Waals surface area contributed by atoms with Crippen molar-refractivity contribution >= 4 is 11.9 Å². The second kappa shape index (κ2) is 6.40. The molecule has 0 aromatic heterocycles. The quantitative estimate of drug-likeness (QED) is 0.852. The number of carbonyl (C=O) groups is 2. The van der Waals surface area contributed by atoms with Gasteiger partial charge in [-0.25, -0.2) is 13.6 Å². The molecule has 1 fully saturated rings. The first-order valence-electron chi connectivity index (χ1n) is 7.99. The number of carbonyl (C=O) groups excluding carboxylic acids is 2. The van der Waals surface area contributed by atoms with Crippen molar-refractivity contribution in [3.05, 3.63) is 64.7 Å². The molecule has 5 nitrogen and oxygen atoms in total. The molecule has 2 aromatic carbocycles. The van der Waals surface area contributed by atoms with Crippen LogP contribution in [0.2, 0.25) is 0 Å². The number of halogens is 2. The molecule has 1 aliphatic heterocycles. The van der Waals surface area contributed by atoms with Crippen LogP contribution in [0.3, 0.4) is 0 Å². The third kappa shape index (κ3) is 2.89. The van der Waals surface area contributed by atoms with E-state index in [-0.39, 0.29) is 12.1 Å². The summed E-state index contributed by atoms with van der Waals surface area (Å²) in [5, 5.41) is 2.48. The van der Waals surface area contributed by atoms with E-state index in [1.54, 1.807) is 12.1 Å². The Morgan fingerprint density at radius 3 is 2.58 bits per heavy atom. The zero-order valence-corrected chi connectivity index (χ0v) is 14.6. The van der Waals surface area contributed by atoms with E-state index in [4.69, 9.17) is 4.74 Å². The number of ether oxygens (including phenoxy) is 1. The van der Waals surface area contributed by atoms with Crippen molar-refractivity contribution < 1.29 is 23.1 Å². The highest BCUT2D eigenvalue weighted by Crippen LogP contribution is 2.33. The molecule has 0 saturated carbocycles. The maximum absolute atomic E-state index is 14.2. The largest absolute Gasteiger partial charge is 0.496 e. The normalized spacial score (nSPS) is 19.7. The Labute approximate surface area is 149 Å². The topological polar surface area (TPSA) is 58.6 Å². The Morgan fingerprint density at radius 1 is 1.15 bits per heavy atom. The lowest BCUT2D eigenvalue weighted by atomic mass is 9.91. The fourth-order valence-electron chi connectivity index (χ4n) is 3.11. The third-order valence-corrected chi connectivity index (χ3v) is 4.51. The summed E-state index contributed by atoms with van der Waals surface area (Å²) in [5.74, 6) is -1.58. The maximum Gasteiger partial charge on any atom is 0.325 e. The number of nitrogens with zero attached hydrogens (tertiary/aromatic N) is 1. The minimum absolute atomic E-state index is 0.0396. The Morgan fingerprint density at radius 2 is 1.88 bits per heavy atom. The lowest BCUT2D eigenvalue weighted by Gasteiger charge is -2.23. The van der Waals surface area contributed by atoms with Crippen LogP contribution in [0.5, 0.6) is 5.75 Å². The number of rotatable bonds is 4. The van der Waals surface area contributed by atoms with E-state index in [1.807, 2.05) is 13.0 Å². The predicted octanol–water partition coefficient (Wildman–Crippen LogP) is 3.25. The van der Waals surface area contributed by atoms with Gasteiger partial charge < -0.3 is 10.1 Å². The maximum atomic E-state index is 14.2. The molecular formula is C19H18F2N2O3. The lowest BCUT2D eigenvalue weighted by Crippen LogP contribution is -2.41. The van der Waals surface area contributed by atoms with Crippen molar-refractivity contribution in [1.82, 2.24) is 10.2 Å². The average Bonchev–Trinajstić information content (AvgIpc) is 2.81. The van der Waals surface area contributed by atoms with Gasteiger partial charge in [-0.1, -0.05) is 17.7 Å². The molecule has 3 amide bonds. The zero-order valence-electron chi connectivity index (χ0n) is 14.6. The van der Waals surface area contributed by atoms with Gasteiger partial charge in [0.2, 0.25) is 0 Å². The van der Waals surface area contributed by atoms with Gasteiger partial charge >= 0.3 is 6.03 Å². The van der Waals surface area contributed by atoms with Crippen LogP contribution in [-0.2, 0) is 16.9 Å². The molecule has 1 atom stereocenters. The third-order valence-electron chi connectivity index (χ3n) is 4.51. The number of amides is 3. The summed E-state index contributed by atoms with van der Waals surface area (Å²) in [7, 11) is 1.49. The Balaban J connectivity index is 1.97. The second-order valence-electron chi connectivity index (χ2n) is 6.39. The summed E-state index contributed by atoms with van der Waals surface area (Å²) in [6.45, 7) is 3.20. The molecule has 136 valence electrons. The molecule has 0 unspecified atom stereocenters. The van der Waals surface area contributed by atoms with E-state index in [9.17, 15) is 18.4 Å². The second-order valence-corrected chi connectivity index (χ2v) is 6.39. The monoisotopic (exact) mass is 360 g/mol. The van der Waals surface area contributed by atoms with Crippen molar-refractivity contribution in [3.63, 3.8) is 0 Å². The number of hydrogen-bond donors (Lipinski definition) is 1. The molecule has 2 aromatic rings. The molecule has 0 aliphatic carbocycles. The van der Waals surface area contributed by atoms with Crippen LogP contribution in [0, 0.1) is 18.6 Å². The van der Waals surface area contributed by atoms with Gasteiger partial charge in [0.15, 0.2) is 0 Å². The summed E-state index contributed by atoms with van der Waals surface area (Å²) in [5.41, 5.74) is -0.318. The molecule has 26 heavy (non-hydrogen) atoms. The van der Waals surface area contributed by atoms with Gasteiger partial charge in [0.1, 0.15) is 22.9 Å². The van der Waals surface area contributed by atoms with E-state index in [0.717, 1.165) is 28.7 Å². The van der Waals surface area contributed by atoms with Crippen molar-refractivity contribution in [2.45, 2.75) is 25.9 Å². The van der Waals surface area contributed by atoms with Crippen LogP contribution in [-0.4, -0.2) is 23.9 Å². The van der Waals surface area contributed by atoms with E-state index in [0.29, 0.717) is 11.3 Å². The van der Waals surface area contributed by atoms with Crippen LogP contribution in [0.1, 0.15) is 23.6 Å². The highest BCUT2D eigenvalue weighted by atomic mass is 19.1. The lowest BCUT2D eigenvalue weighted by molar-refractivity contribution is -0.131.